The zero-order valence-corrected chi connectivity index (χ0v) is 18.0. The molecule has 116 valence electrons. The second kappa shape index (κ2) is 13.0. The Kier molecular flexibility index (Phi) is 15.5. The van der Waals surface area contributed by atoms with Gasteiger partial charge in [-0.15, -0.1) is 0 Å². The monoisotopic (exact) mass is 308 g/mol. The van der Waals surface area contributed by atoms with Gasteiger partial charge >= 0.3 is 51.4 Å². The quantitative estimate of drug-likeness (QED) is 0.501. The zero-order chi connectivity index (χ0) is 13.5. The van der Waals surface area contributed by atoms with Gasteiger partial charge in [-0.1, -0.05) is 20.8 Å². The van der Waals surface area contributed by atoms with Gasteiger partial charge in [0.25, 0.3) is 0 Å². The Balaban J connectivity index is 0. The average Bonchev–Trinajstić information content (AvgIpc) is 2.33. The van der Waals surface area contributed by atoms with E-state index in [2.05, 4.69) is 35.7 Å². The van der Waals surface area contributed by atoms with Gasteiger partial charge in [0.2, 0.25) is 0 Å². The van der Waals surface area contributed by atoms with Crippen molar-refractivity contribution in [1.82, 2.24) is 14.7 Å². The molecule has 0 aromatic carbocycles. The molecule has 2 saturated heterocycles. The number of likely N-dealkylation sites (tertiary alicyclic amines) is 1. The Bertz CT molecular complexity index is 208. The molecule has 4 heteroatoms. The van der Waals surface area contributed by atoms with Crippen LogP contribution in [-0.4, -0.2) is 67.6 Å². The van der Waals surface area contributed by atoms with Crippen LogP contribution >= 0.6 is 0 Å². The van der Waals surface area contributed by atoms with Crippen molar-refractivity contribution >= 4 is 0 Å². The van der Waals surface area contributed by atoms with Gasteiger partial charge in [-0.3, -0.25) is 7.05 Å². The van der Waals surface area contributed by atoms with Gasteiger partial charge in [0.15, 0.2) is 0 Å². The molecule has 20 heavy (non-hydrogen) atoms. The summed E-state index contributed by atoms with van der Waals surface area (Å²) in [5, 5.41) is 0. The first-order valence-corrected chi connectivity index (χ1v) is 7.60. The third-order valence-electron chi connectivity index (χ3n) is 3.93. The molecule has 0 radical (unpaired) electrons. The molecule has 2 aliphatic heterocycles. The summed E-state index contributed by atoms with van der Waals surface area (Å²) in [5.41, 5.74) is 0. The Morgan fingerprint density at radius 2 is 1.60 bits per heavy atom. The number of rotatable bonds is 2. The van der Waals surface area contributed by atoms with Crippen LogP contribution in [-0.2, 0) is 0 Å². The maximum Gasteiger partial charge on any atom is 1.00 e. The minimum atomic E-state index is 0. The Morgan fingerprint density at radius 3 is 2.10 bits per heavy atom. The molecule has 0 aliphatic carbocycles. The van der Waals surface area contributed by atoms with E-state index in [1.807, 2.05) is 13.8 Å². The Morgan fingerprint density at radius 1 is 1.05 bits per heavy atom. The van der Waals surface area contributed by atoms with E-state index >= 15 is 0 Å². The number of likely N-dealkylation sites (N-methyl/N-ethyl adjacent to an activating group) is 1. The fourth-order valence-corrected chi connectivity index (χ4v) is 3.13. The van der Waals surface area contributed by atoms with E-state index in [1.54, 1.807) is 0 Å². The largest absolute Gasteiger partial charge is 1.00 e. The topological polar surface area (TPSA) is 9.72 Å². The van der Waals surface area contributed by atoms with Gasteiger partial charge in [0.1, 0.15) is 0 Å². The van der Waals surface area contributed by atoms with Crippen molar-refractivity contribution < 1.29 is 51.4 Å². The van der Waals surface area contributed by atoms with Crippen molar-refractivity contribution in [2.45, 2.75) is 27.2 Å². The number of hydrogen-bond donors (Lipinski definition) is 0. The fourth-order valence-electron chi connectivity index (χ4n) is 3.13. The van der Waals surface area contributed by atoms with E-state index in [-0.39, 0.29) is 58.8 Å². The van der Waals surface area contributed by atoms with Crippen LogP contribution in [0.25, 0.3) is 0 Å². The molecule has 2 rings (SSSR count). The molecule has 0 aromatic heterocycles. The van der Waals surface area contributed by atoms with Gasteiger partial charge in [-0.05, 0) is 38.4 Å². The van der Waals surface area contributed by atoms with Crippen LogP contribution in [0.2, 0.25) is 0 Å². The van der Waals surface area contributed by atoms with Gasteiger partial charge < -0.3 is 22.1 Å². The second-order valence-corrected chi connectivity index (χ2v) is 5.85. The molecule has 2 heterocycles. The Hall–Kier alpha value is 1.52. The van der Waals surface area contributed by atoms with Gasteiger partial charge in [-0.2, -0.15) is 0 Å². The predicted octanol–water partition coefficient (Wildman–Crippen LogP) is -0.536. The molecule has 2 atom stereocenters. The number of nitrogens with zero attached hydrogens (tertiary/aromatic N) is 3. The first kappa shape index (κ1) is 23.8. The summed E-state index contributed by atoms with van der Waals surface area (Å²) in [6.45, 7) is 15.0. The molecular formula is C16H35KN3-. The summed E-state index contributed by atoms with van der Waals surface area (Å²) in [6.07, 6.45) is 1.39. The number of piperidine rings is 1. The van der Waals surface area contributed by atoms with Gasteiger partial charge in [0, 0.05) is 32.7 Å². The second-order valence-electron chi connectivity index (χ2n) is 5.85. The Labute approximate surface area is 170 Å². The van der Waals surface area contributed by atoms with E-state index in [4.69, 9.17) is 0 Å². The van der Waals surface area contributed by atoms with Crippen LogP contribution in [0.5, 0.6) is 0 Å². The molecule has 0 amide bonds. The summed E-state index contributed by atoms with van der Waals surface area (Å²) in [6, 6.07) is 0. The first-order chi connectivity index (χ1) is 8.63. The normalized spacial score (nSPS) is 28.6. The third kappa shape index (κ3) is 8.84. The van der Waals surface area contributed by atoms with Crippen molar-refractivity contribution in [3.8, 4) is 0 Å². The zero-order valence-electron chi connectivity index (χ0n) is 14.9. The molecular weight excluding hydrogens is 273 g/mol. The molecule has 2 unspecified atom stereocenters. The van der Waals surface area contributed by atoms with Crippen LogP contribution in [0.1, 0.15) is 27.2 Å². The van der Waals surface area contributed by atoms with E-state index in [1.165, 1.54) is 52.2 Å². The summed E-state index contributed by atoms with van der Waals surface area (Å²) < 4.78 is 0. The molecule has 3 nitrogen and oxygen atoms in total. The molecule has 2 aliphatic rings. The molecule has 0 saturated carbocycles. The number of piperazine rings is 1. The van der Waals surface area contributed by atoms with Gasteiger partial charge in [0.05, 0.1) is 0 Å². The van der Waals surface area contributed by atoms with E-state index in [9.17, 15) is 0 Å². The summed E-state index contributed by atoms with van der Waals surface area (Å²) >= 11 is 0. The smallest absolute Gasteiger partial charge is 0.459 e. The van der Waals surface area contributed by atoms with Crippen molar-refractivity contribution in [2.24, 2.45) is 11.8 Å². The third-order valence-corrected chi connectivity index (χ3v) is 3.93. The minimum Gasteiger partial charge on any atom is -0.459 e. The van der Waals surface area contributed by atoms with Crippen molar-refractivity contribution in [1.29, 1.82) is 0 Å². The summed E-state index contributed by atoms with van der Waals surface area (Å²) in [7, 11) is 6.33. The van der Waals surface area contributed by atoms with Crippen LogP contribution in [0.3, 0.4) is 0 Å². The average molecular weight is 309 g/mol. The van der Waals surface area contributed by atoms with E-state index < -0.39 is 0 Å². The summed E-state index contributed by atoms with van der Waals surface area (Å²) in [5.74, 6) is 1.66. The fraction of sp³-hybridized carbons (Fsp3) is 0.875. The molecule has 0 aromatic rings. The van der Waals surface area contributed by atoms with Crippen LogP contribution in [0.15, 0.2) is 0 Å². The van der Waals surface area contributed by atoms with Gasteiger partial charge in [-0.25, -0.2) is 0 Å². The number of hydrogen-bond acceptors (Lipinski definition) is 3. The van der Waals surface area contributed by atoms with E-state index in [0.29, 0.717) is 0 Å². The summed E-state index contributed by atoms with van der Waals surface area (Å²) in [4.78, 5) is 7.32. The van der Waals surface area contributed by atoms with Crippen LogP contribution in [0.4, 0.5) is 0 Å². The van der Waals surface area contributed by atoms with Crippen LogP contribution in [0, 0.1) is 26.3 Å². The minimum absolute atomic E-state index is 0. The maximum absolute atomic E-state index is 4.11. The van der Waals surface area contributed by atoms with Crippen molar-refractivity contribution in [3.63, 3.8) is 0 Å². The maximum atomic E-state index is 4.11. The standard InChI is InChI=1S/C13H26N3.C2H6.CH3.K/c1-12-8-13(10-15(3)9-12)11-16-6-4-14(2)5-7-16;1-2;;/h12-13H,3-11H2,1-2H3;1-2H3;1H3;/q-1;;-1;+1. The first-order valence-electron chi connectivity index (χ1n) is 7.60. The predicted molar refractivity (Wildman–Crippen MR) is 85.9 cm³/mol. The SMILES string of the molecule is CC.[CH2-]N1CC(C)CC(CN2CCN(C)CC2)C1.[CH3-].[K+]. The van der Waals surface area contributed by atoms with Crippen LogP contribution < -0.4 is 51.4 Å². The molecule has 0 N–H and O–H groups in total. The van der Waals surface area contributed by atoms with Crippen molar-refractivity contribution in [2.75, 3.05) is 52.9 Å². The molecule has 2 fully saturated rings. The molecule has 0 bridgehead atoms. The van der Waals surface area contributed by atoms with Crippen molar-refractivity contribution in [3.05, 3.63) is 14.5 Å². The molecule has 0 spiro atoms. The van der Waals surface area contributed by atoms with E-state index in [0.717, 1.165) is 11.8 Å².